The summed E-state index contributed by atoms with van der Waals surface area (Å²) in [5.74, 6) is -1.31. The van der Waals surface area contributed by atoms with Crippen molar-refractivity contribution in [2.24, 2.45) is 5.92 Å². The Morgan fingerprint density at radius 1 is 1.00 bits per heavy atom. The number of benzene rings is 2. The second-order valence-corrected chi connectivity index (χ2v) is 9.61. The highest BCUT2D eigenvalue weighted by atomic mass is 16.5. The highest BCUT2D eigenvalue weighted by Gasteiger charge is 2.35. The number of carbonyl (C=O) groups is 3. The van der Waals surface area contributed by atoms with Crippen LogP contribution in [-0.2, 0) is 14.3 Å². The highest BCUT2D eigenvalue weighted by molar-refractivity contribution is 5.79. The predicted octanol–water partition coefficient (Wildman–Crippen LogP) is 4.06. The number of hydrogen-bond acceptors (Lipinski definition) is 4. The number of ether oxygens (including phenoxy) is 1. The molecule has 4 rings (SSSR count). The van der Waals surface area contributed by atoms with Crippen LogP contribution in [0.1, 0.15) is 56.6 Å². The fourth-order valence-electron chi connectivity index (χ4n) is 4.64. The fraction of sp³-hybridized carbons (Fsp3) is 0.423. The Bertz CT molecular complexity index is 1010. The van der Waals surface area contributed by atoms with Crippen molar-refractivity contribution in [2.75, 3.05) is 6.61 Å². The number of carbonyl (C=O) groups excluding carboxylic acids is 2. The van der Waals surface area contributed by atoms with Gasteiger partial charge in [0.1, 0.15) is 6.61 Å². The second kappa shape index (κ2) is 9.25. The quantitative estimate of drug-likeness (QED) is 0.563. The number of carboxylic acid groups (broad SMARTS) is 1. The molecule has 0 aliphatic heterocycles. The van der Waals surface area contributed by atoms with Gasteiger partial charge in [0, 0.05) is 23.9 Å². The Labute approximate surface area is 193 Å². The molecule has 0 radical (unpaired) electrons. The minimum absolute atomic E-state index is 0.00542. The van der Waals surface area contributed by atoms with Crippen LogP contribution in [0.5, 0.6) is 0 Å². The lowest BCUT2D eigenvalue weighted by atomic mass is 9.80. The van der Waals surface area contributed by atoms with Crippen molar-refractivity contribution in [3.05, 3.63) is 59.7 Å². The molecule has 2 amide bonds. The van der Waals surface area contributed by atoms with E-state index in [1.54, 1.807) is 0 Å². The molecule has 2 aromatic rings. The molecule has 0 saturated heterocycles. The number of amides is 2. The largest absolute Gasteiger partial charge is 0.481 e. The van der Waals surface area contributed by atoms with E-state index in [0.29, 0.717) is 19.3 Å². The highest BCUT2D eigenvalue weighted by Crippen LogP contribution is 2.44. The van der Waals surface area contributed by atoms with Gasteiger partial charge in [-0.1, -0.05) is 48.5 Å². The third-order valence-electron chi connectivity index (χ3n) is 6.61. The van der Waals surface area contributed by atoms with E-state index in [1.165, 1.54) is 11.1 Å². The van der Waals surface area contributed by atoms with Crippen LogP contribution in [0.25, 0.3) is 11.1 Å². The van der Waals surface area contributed by atoms with E-state index in [4.69, 9.17) is 9.84 Å². The summed E-state index contributed by atoms with van der Waals surface area (Å²) in [7, 11) is 0. The first kappa shape index (κ1) is 22.8. The minimum atomic E-state index is -0.811. The summed E-state index contributed by atoms with van der Waals surface area (Å²) in [5, 5.41) is 14.7. The maximum absolute atomic E-state index is 12.5. The number of rotatable bonds is 8. The topological polar surface area (TPSA) is 105 Å². The summed E-state index contributed by atoms with van der Waals surface area (Å²) >= 11 is 0. The van der Waals surface area contributed by atoms with Crippen molar-refractivity contribution < 1.29 is 24.2 Å². The molecular formula is C26H30N2O5. The number of carboxylic acids is 1. The van der Waals surface area contributed by atoms with Crippen molar-refractivity contribution in [2.45, 2.75) is 57.0 Å². The average Bonchev–Trinajstić information content (AvgIpc) is 3.06. The number of nitrogens with one attached hydrogen (secondary N) is 2. The summed E-state index contributed by atoms with van der Waals surface area (Å²) < 4.78 is 5.60. The smallest absolute Gasteiger partial charge is 0.407 e. The molecule has 0 unspecified atom stereocenters. The first-order chi connectivity index (χ1) is 15.7. The van der Waals surface area contributed by atoms with Crippen molar-refractivity contribution in [1.82, 2.24) is 10.6 Å². The van der Waals surface area contributed by atoms with Crippen molar-refractivity contribution in [1.29, 1.82) is 0 Å². The molecule has 7 heteroatoms. The minimum Gasteiger partial charge on any atom is -0.481 e. The van der Waals surface area contributed by atoms with Gasteiger partial charge in [-0.2, -0.15) is 0 Å². The van der Waals surface area contributed by atoms with E-state index in [9.17, 15) is 14.4 Å². The SMILES string of the molecule is CC(C)(CCC(=O)NC1CC(C(=O)O)C1)NC(=O)OCC1c2ccccc2-c2ccccc21. The van der Waals surface area contributed by atoms with Crippen LogP contribution in [0.3, 0.4) is 0 Å². The molecule has 33 heavy (non-hydrogen) atoms. The molecule has 7 nitrogen and oxygen atoms in total. The Kier molecular flexibility index (Phi) is 6.40. The molecule has 0 bridgehead atoms. The van der Waals surface area contributed by atoms with Gasteiger partial charge in [-0.3, -0.25) is 9.59 Å². The number of hydrogen-bond donors (Lipinski definition) is 3. The Morgan fingerprint density at radius 2 is 1.58 bits per heavy atom. The predicted molar refractivity (Wildman–Crippen MR) is 124 cm³/mol. The fourth-order valence-corrected chi connectivity index (χ4v) is 4.64. The molecule has 2 aromatic carbocycles. The standard InChI is InChI=1S/C26H30N2O5/c1-26(2,12-11-23(29)27-17-13-16(14-17)24(30)31)28-25(32)33-15-22-20-9-5-3-7-18(20)19-8-4-6-10-21(19)22/h3-10,16-17,22H,11-15H2,1-2H3,(H,27,29)(H,28,32)(H,30,31). The summed E-state index contributed by atoms with van der Waals surface area (Å²) in [5.41, 5.74) is 4.04. The van der Waals surface area contributed by atoms with Gasteiger partial charge >= 0.3 is 12.1 Å². The monoisotopic (exact) mass is 450 g/mol. The first-order valence-corrected chi connectivity index (χ1v) is 11.4. The number of aliphatic carboxylic acids is 1. The first-order valence-electron chi connectivity index (χ1n) is 11.4. The lowest BCUT2D eigenvalue weighted by molar-refractivity contribution is -0.146. The second-order valence-electron chi connectivity index (χ2n) is 9.61. The molecule has 174 valence electrons. The Morgan fingerprint density at radius 3 is 2.15 bits per heavy atom. The van der Waals surface area contributed by atoms with Gasteiger partial charge in [-0.05, 0) is 55.4 Å². The van der Waals surface area contributed by atoms with Crippen LogP contribution in [0.15, 0.2) is 48.5 Å². The molecule has 3 N–H and O–H groups in total. The van der Waals surface area contributed by atoms with Gasteiger partial charge in [-0.25, -0.2) is 4.79 Å². The Balaban J connectivity index is 1.25. The number of alkyl carbamates (subject to hydrolysis) is 1. The molecule has 1 fully saturated rings. The van der Waals surface area contributed by atoms with Gasteiger partial charge < -0.3 is 20.5 Å². The lowest BCUT2D eigenvalue weighted by Gasteiger charge is -2.33. The third-order valence-corrected chi connectivity index (χ3v) is 6.61. The van der Waals surface area contributed by atoms with Gasteiger partial charge in [0.15, 0.2) is 0 Å². The van der Waals surface area contributed by atoms with E-state index in [0.717, 1.165) is 11.1 Å². The van der Waals surface area contributed by atoms with Gasteiger partial charge in [0.05, 0.1) is 5.92 Å². The van der Waals surface area contributed by atoms with Gasteiger partial charge in [0.2, 0.25) is 5.91 Å². The molecule has 0 aromatic heterocycles. The summed E-state index contributed by atoms with van der Waals surface area (Å²) in [6.45, 7) is 3.94. The summed E-state index contributed by atoms with van der Waals surface area (Å²) in [6.07, 6.45) is 1.12. The molecular weight excluding hydrogens is 420 g/mol. The summed E-state index contributed by atoms with van der Waals surface area (Å²) in [4.78, 5) is 35.6. The van der Waals surface area contributed by atoms with E-state index < -0.39 is 17.6 Å². The van der Waals surface area contributed by atoms with Gasteiger partial charge in [-0.15, -0.1) is 0 Å². The maximum atomic E-state index is 12.5. The molecule has 0 atom stereocenters. The zero-order chi connectivity index (χ0) is 23.6. The van der Waals surface area contributed by atoms with Crippen LogP contribution >= 0.6 is 0 Å². The van der Waals surface area contributed by atoms with Crippen molar-refractivity contribution in [3.63, 3.8) is 0 Å². The van der Waals surface area contributed by atoms with E-state index in [1.807, 2.05) is 38.1 Å². The van der Waals surface area contributed by atoms with E-state index in [2.05, 4.69) is 34.9 Å². The van der Waals surface area contributed by atoms with Crippen LogP contribution in [-0.4, -0.2) is 41.3 Å². The third kappa shape index (κ3) is 5.18. The maximum Gasteiger partial charge on any atom is 0.407 e. The average molecular weight is 451 g/mol. The zero-order valence-electron chi connectivity index (χ0n) is 19.0. The Hall–Kier alpha value is -3.35. The van der Waals surface area contributed by atoms with Crippen LogP contribution < -0.4 is 10.6 Å². The van der Waals surface area contributed by atoms with E-state index >= 15 is 0 Å². The molecule has 2 aliphatic rings. The molecule has 0 spiro atoms. The van der Waals surface area contributed by atoms with Crippen molar-refractivity contribution in [3.8, 4) is 11.1 Å². The lowest BCUT2D eigenvalue weighted by Crippen LogP contribution is -2.48. The molecule has 0 heterocycles. The van der Waals surface area contributed by atoms with Crippen molar-refractivity contribution >= 4 is 18.0 Å². The summed E-state index contributed by atoms with van der Waals surface area (Å²) in [6, 6.07) is 16.3. The molecule has 1 saturated carbocycles. The van der Waals surface area contributed by atoms with Crippen LogP contribution in [0, 0.1) is 5.92 Å². The number of fused-ring (bicyclic) bond motifs is 3. The zero-order valence-corrected chi connectivity index (χ0v) is 19.0. The van der Waals surface area contributed by atoms with Crippen LogP contribution in [0.2, 0.25) is 0 Å². The normalized spacial score (nSPS) is 19.1. The molecule has 2 aliphatic carbocycles. The van der Waals surface area contributed by atoms with E-state index in [-0.39, 0.29) is 36.8 Å². The van der Waals surface area contributed by atoms with Crippen LogP contribution in [0.4, 0.5) is 4.79 Å². The van der Waals surface area contributed by atoms with Gasteiger partial charge in [0.25, 0.3) is 0 Å².